The highest BCUT2D eigenvalue weighted by Crippen LogP contribution is 2.24. The van der Waals surface area contributed by atoms with Crippen LogP contribution >= 0.6 is 0 Å². The van der Waals surface area contributed by atoms with Crippen LogP contribution in [0.1, 0.15) is 28.8 Å². The fraction of sp³-hybridized carbons (Fsp3) is 0.125. The molecule has 0 aliphatic carbocycles. The molecule has 7 nitrogen and oxygen atoms in total. The average molecular weight is 413 g/mol. The number of aromatic nitrogens is 3. The van der Waals surface area contributed by atoms with Crippen molar-refractivity contribution in [1.82, 2.24) is 20.5 Å². The van der Waals surface area contributed by atoms with Crippen molar-refractivity contribution in [3.8, 4) is 11.5 Å². The molecule has 1 unspecified atom stereocenters. The van der Waals surface area contributed by atoms with Gasteiger partial charge in [-0.15, -0.1) is 0 Å². The number of aryl methyl sites for hydroxylation is 2. The van der Waals surface area contributed by atoms with Gasteiger partial charge in [0, 0.05) is 5.69 Å². The number of H-pyrrole nitrogens is 1. The van der Waals surface area contributed by atoms with Crippen molar-refractivity contribution < 1.29 is 9.53 Å². The Morgan fingerprint density at radius 3 is 2.39 bits per heavy atom. The van der Waals surface area contributed by atoms with Crippen LogP contribution in [-0.2, 0) is 0 Å². The number of hydrogen-bond donors (Lipinski definition) is 3. The standard InChI is InChI=1S/C24H23N5O2/c1-16-7-6-10-21(15-16)31-20-13-11-19(12-14-20)26-24(30)27-22(18-8-4-3-5-9-18)23-25-17(2)28-29-23/h3-15,22H,1-2H3,(H,25,28,29)(H2,26,27,30). The maximum Gasteiger partial charge on any atom is 0.320 e. The summed E-state index contributed by atoms with van der Waals surface area (Å²) in [4.78, 5) is 17.0. The molecule has 0 bridgehead atoms. The minimum absolute atomic E-state index is 0.358. The zero-order valence-corrected chi connectivity index (χ0v) is 17.3. The molecular formula is C24H23N5O2. The lowest BCUT2D eigenvalue weighted by molar-refractivity contribution is 0.249. The number of amides is 2. The van der Waals surface area contributed by atoms with Crippen LogP contribution < -0.4 is 15.4 Å². The van der Waals surface area contributed by atoms with Gasteiger partial charge >= 0.3 is 6.03 Å². The van der Waals surface area contributed by atoms with Crippen molar-refractivity contribution in [2.75, 3.05) is 5.32 Å². The molecule has 0 radical (unpaired) electrons. The van der Waals surface area contributed by atoms with E-state index in [4.69, 9.17) is 4.74 Å². The third-order valence-corrected chi connectivity index (χ3v) is 4.62. The Balaban J connectivity index is 1.43. The van der Waals surface area contributed by atoms with Crippen LogP contribution in [0, 0.1) is 13.8 Å². The van der Waals surface area contributed by atoms with E-state index in [0.717, 1.165) is 16.9 Å². The molecule has 1 atom stereocenters. The molecule has 2 amide bonds. The van der Waals surface area contributed by atoms with Crippen LogP contribution in [0.25, 0.3) is 0 Å². The van der Waals surface area contributed by atoms with Crippen molar-refractivity contribution in [2.45, 2.75) is 19.9 Å². The molecule has 3 N–H and O–H groups in total. The number of anilines is 1. The number of benzene rings is 3. The first kappa shape index (κ1) is 20.2. The molecule has 0 spiro atoms. The monoisotopic (exact) mass is 413 g/mol. The van der Waals surface area contributed by atoms with Crippen molar-refractivity contribution >= 4 is 11.7 Å². The smallest absolute Gasteiger partial charge is 0.320 e. The van der Waals surface area contributed by atoms with Gasteiger partial charge in [0.25, 0.3) is 0 Å². The molecule has 1 heterocycles. The van der Waals surface area contributed by atoms with Gasteiger partial charge in [-0.2, -0.15) is 5.10 Å². The highest BCUT2D eigenvalue weighted by molar-refractivity contribution is 5.89. The number of hydrogen-bond acceptors (Lipinski definition) is 4. The first-order valence-corrected chi connectivity index (χ1v) is 9.93. The van der Waals surface area contributed by atoms with E-state index >= 15 is 0 Å². The lowest BCUT2D eigenvalue weighted by atomic mass is 10.1. The van der Waals surface area contributed by atoms with Gasteiger partial charge in [0.15, 0.2) is 5.82 Å². The van der Waals surface area contributed by atoms with E-state index in [1.807, 2.05) is 80.6 Å². The molecule has 1 aromatic heterocycles. The molecule has 7 heteroatoms. The van der Waals surface area contributed by atoms with E-state index in [-0.39, 0.29) is 6.03 Å². The number of urea groups is 1. The molecule has 0 aliphatic rings. The van der Waals surface area contributed by atoms with Crippen LogP contribution in [0.3, 0.4) is 0 Å². The number of nitrogens with zero attached hydrogens (tertiary/aromatic N) is 2. The summed E-state index contributed by atoms with van der Waals surface area (Å²) < 4.78 is 5.85. The molecule has 0 fully saturated rings. The van der Waals surface area contributed by atoms with Gasteiger partial charge in [-0.1, -0.05) is 42.5 Å². The summed E-state index contributed by atoms with van der Waals surface area (Å²) in [5, 5.41) is 12.8. The van der Waals surface area contributed by atoms with E-state index in [9.17, 15) is 4.79 Å². The average Bonchev–Trinajstić information content (AvgIpc) is 3.20. The molecule has 4 aromatic rings. The second kappa shape index (κ2) is 9.13. The van der Waals surface area contributed by atoms with Crippen molar-refractivity contribution in [2.24, 2.45) is 0 Å². The maximum absolute atomic E-state index is 12.7. The van der Waals surface area contributed by atoms with Gasteiger partial charge in [-0.25, -0.2) is 9.78 Å². The SMILES string of the molecule is Cc1cccc(Oc2ccc(NC(=O)NC(c3ccccc3)c3n[nH]c(C)n3)cc2)c1. The molecule has 0 saturated carbocycles. The predicted molar refractivity (Wildman–Crippen MR) is 119 cm³/mol. The molecule has 0 aliphatic heterocycles. The minimum Gasteiger partial charge on any atom is -0.457 e. The molecular weight excluding hydrogens is 390 g/mol. The van der Waals surface area contributed by atoms with Crippen LogP contribution in [0.4, 0.5) is 10.5 Å². The zero-order valence-electron chi connectivity index (χ0n) is 17.3. The largest absolute Gasteiger partial charge is 0.457 e. The normalized spacial score (nSPS) is 11.5. The topological polar surface area (TPSA) is 91.9 Å². The highest BCUT2D eigenvalue weighted by atomic mass is 16.5. The number of nitrogens with one attached hydrogen (secondary N) is 3. The Labute approximate surface area is 180 Å². The van der Waals surface area contributed by atoms with Gasteiger partial charge in [0.1, 0.15) is 23.4 Å². The molecule has 0 saturated heterocycles. The zero-order chi connectivity index (χ0) is 21.6. The van der Waals surface area contributed by atoms with Crippen molar-refractivity contribution in [3.63, 3.8) is 0 Å². The van der Waals surface area contributed by atoms with E-state index in [1.165, 1.54) is 0 Å². The number of ether oxygens (including phenoxy) is 1. The Hall–Kier alpha value is -4.13. The fourth-order valence-electron chi connectivity index (χ4n) is 3.15. The first-order chi connectivity index (χ1) is 15.1. The first-order valence-electron chi connectivity index (χ1n) is 9.93. The van der Waals surface area contributed by atoms with Crippen molar-refractivity contribution in [3.05, 3.63) is 102 Å². The summed E-state index contributed by atoms with van der Waals surface area (Å²) in [6, 6.07) is 23.8. The van der Waals surface area contributed by atoms with Gasteiger partial charge in [0.2, 0.25) is 0 Å². The number of carbonyl (C=O) groups excluding carboxylic acids is 1. The van der Waals surface area contributed by atoms with Crippen LogP contribution in [0.15, 0.2) is 78.9 Å². The van der Waals surface area contributed by atoms with Gasteiger partial charge in [0.05, 0.1) is 0 Å². The van der Waals surface area contributed by atoms with E-state index in [1.54, 1.807) is 12.1 Å². The number of carbonyl (C=O) groups is 1. The lowest BCUT2D eigenvalue weighted by Gasteiger charge is -2.17. The summed E-state index contributed by atoms with van der Waals surface area (Å²) in [6.07, 6.45) is 0. The second-order valence-corrected chi connectivity index (χ2v) is 7.16. The Bertz CT molecular complexity index is 1160. The molecule has 3 aromatic carbocycles. The molecule has 156 valence electrons. The maximum atomic E-state index is 12.7. The summed E-state index contributed by atoms with van der Waals surface area (Å²) in [5.41, 5.74) is 2.66. The predicted octanol–water partition coefficient (Wildman–Crippen LogP) is 5.12. The van der Waals surface area contributed by atoms with E-state index < -0.39 is 6.04 Å². The number of aromatic amines is 1. The minimum atomic E-state index is -0.477. The molecule has 4 rings (SSSR count). The Kier molecular flexibility index (Phi) is 5.93. The summed E-state index contributed by atoms with van der Waals surface area (Å²) in [6.45, 7) is 3.83. The van der Waals surface area contributed by atoms with Crippen LogP contribution in [0.5, 0.6) is 11.5 Å². The van der Waals surface area contributed by atoms with E-state index in [2.05, 4.69) is 25.8 Å². The van der Waals surface area contributed by atoms with Gasteiger partial charge in [-0.3, -0.25) is 5.10 Å². The highest BCUT2D eigenvalue weighted by Gasteiger charge is 2.20. The quantitative estimate of drug-likeness (QED) is 0.409. The van der Waals surface area contributed by atoms with Crippen LogP contribution in [-0.4, -0.2) is 21.2 Å². The summed E-state index contributed by atoms with van der Waals surface area (Å²) >= 11 is 0. The Morgan fingerprint density at radius 1 is 0.935 bits per heavy atom. The lowest BCUT2D eigenvalue weighted by Crippen LogP contribution is -2.33. The van der Waals surface area contributed by atoms with Gasteiger partial charge in [-0.05, 0) is 61.4 Å². The Morgan fingerprint density at radius 2 is 1.71 bits per heavy atom. The third kappa shape index (κ3) is 5.27. The summed E-state index contributed by atoms with van der Waals surface area (Å²) in [7, 11) is 0. The molecule has 31 heavy (non-hydrogen) atoms. The third-order valence-electron chi connectivity index (χ3n) is 4.62. The summed E-state index contributed by atoms with van der Waals surface area (Å²) in [5.74, 6) is 2.64. The fourth-order valence-corrected chi connectivity index (χ4v) is 3.15. The van der Waals surface area contributed by atoms with Crippen molar-refractivity contribution in [1.29, 1.82) is 0 Å². The second-order valence-electron chi connectivity index (χ2n) is 7.16. The van der Waals surface area contributed by atoms with Crippen LogP contribution in [0.2, 0.25) is 0 Å². The van der Waals surface area contributed by atoms with E-state index in [0.29, 0.717) is 23.1 Å². The number of rotatable bonds is 6. The van der Waals surface area contributed by atoms with Gasteiger partial charge < -0.3 is 15.4 Å².